The second kappa shape index (κ2) is 5.16. The first-order valence-corrected chi connectivity index (χ1v) is 6.19. The molecule has 104 valence electrons. The molecule has 0 atom stereocenters. The summed E-state index contributed by atoms with van der Waals surface area (Å²) in [4.78, 5) is 4.26. The van der Waals surface area contributed by atoms with E-state index in [1.54, 1.807) is 19.2 Å². The molecule has 3 rings (SSSR count). The standard InChI is InChI=1S/C14H15N3O3/c1-18-13-5-3-10(15)14(17-13)16-7-9-2-4-11-12(6-9)20-8-19-11/h2-6H,7-8,15H2,1H3,(H,16,17). The predicted octanol–water partition coefficient (Wildman–Crippen LogP) is 2.01. The van der Waals surface area contributed by atoms with E-state index >= 15 is 0 Å². The highest BCUT2D eigenvalue weighted by atomic mass is 16.7. The lowest BCUT2D eigenvalue weighted by Gasteiger charge is -2.10. The number of fused-ring (bicyclic) bond motifs is 1. The van der Waals surface area contributed by atoms with Crippen LogP contribution in [-0.4, -0.2) is 18.9 Å². The molecule has 1 aliphatic rings. The molecule has 1 aromatic carbocycles. The van der Waals surface area contributed by atoms with Gasteiger partial charge in [-0.15, -0.1) is 0 Å². The van der Waals surface area contributed by atoms with Gasteiger partial charge in [-0.25, -0.2) is 0 Å². The Morgan fingerprint density at radius 3 is 2.95 bits per heavy atom. The number of nitrogens with one attached hydrogen (secondary N) is 1. The van der Waals surface area contributed by atoms with Gasteiger partial charge in [0.1, 0.15) is 0 Å². The zero-order chi connectivity index (χ0) is 13.9. The van der Waals surface area contributed by atoms with E-state index in [0.717, 1.165) is 17.1 Å². The number of aromatic nitrogens is 1. The molecule has 0 saturated carbocycles. The quantitative estimate of drug-likeness (QED) is 0.887. The smallest absolute Gasteiger partial charge is 0.231 e. The fourth-order valence-electron chi connectivity index (χ4n) is 1.94. The SMILES string of the molecule is COc1ccc(N)c(NCc2ccc3c(c2)OCO3)n1. The summed E-state index contributed by atoms with van der Waals surface area (Å²) < 4.78 is 15.7. The number of methoxy groups -OCH3 is 1. The highest BCUT2D eigenvalue weighted by molar-refractivity contribution is 5.62. The monoisotopic (exact) mass is 273 g/mol. The van der Waals surface area contributed by atoms with Crippen molar-refractivity contribution in [1.29, 1.82) is 0 Å². The van der Waals surface area contributed by atoms with Crippen LogP contribution >= 0.6 is 0 Å². The maximum atomic E-state index is 5.87. The van der Waals surface area contributed by atoms with E-state index < -0.39 is 0 Å². The molecule has 6 nitrogen and oxygen atoms in total. The molecule has 0 radical (unpaired) electrons. The van der Waals surface area contributed by atoms with Gasteiger partial charge in [0.2, 0.25) is 12.7 Å². The Balaban J connectivity index is 1.73. The van der Waals surface area contributed by atoms with Crippen LogP contribution in [0.5, 0.6) is 17.4 Å². The van der Waals surface area contributed by atoms with E-state index in [1.165, 1.54) is 0 Å². The van der Waals surface area contributed by atoms with Gasteiger partial charge in [0.05, 0.1) is 12.8 Å². The van der Waals surface area contributed by atoms with Crippen LogP contribution in [0.25, 0.3) is 0 Å². The van der Waals surface area contributed by atoms with Crippen LogP contribution in [0.2, 0.25) is 0 Å². The number of nitrogen functional groups attached to an aromatic ring is 1. The summed E-state index contributed by atoms with van der Waals surface area (Å²) in [5.41, 5.74) is 7.50. The van der Waals surface area contributed by atoms with E-state index in [-0.39, 0.29) is 6.79 Å². The molecule has 0 amide bonds. The van der Waals surface area contributed by atoms with E-state index in [0.29, 0.717) is 23.9 Å². The summed E-state index contributed by atoms with van der Waals surface area (Å²) in [5, 5.41) is 3.18. The molecule has 0 unspecified atom stereocenters. The Bertz CT molecular complexity index is 631. The number of pyridine rings is 1. The van der Waals surface area contributed by atoms with Crippen LogP contribution in [0.1, 0.15) is 5.56 Å². The summed E-state index contributed by atoms with van der Waals surface area (Å²) in [5.74, 6) is 2.65. The van der Waals surface area contributed by atoms with Gasteiger partial charge >= 0.3 is 0 Å². The molecule has 0 spiro atoms. The third kappa shape index (κ3) is 2.40. The Kier molecular flexibility index (Phi) is 3.20. The van der Waals surface area contributed by atoms with Crippen LogP contribution in [0, 0.1) is 0 Å². The van der Waals surface area contributed by atoms with Crippen LogP contribution in [0.3, 0.4) is 0 Å². The van der Waals surface area contributed by atoms with Gasteiger partial charge in [-0.1, -0.05) is 6.07 Å². The first-order chi connectivity index (χ1) is 9.76. The Morgan fingerprint density at radius 2 is 2.10 bits per heavy atom. The Morgan fingerprint density at radius 1 is 1.25 bits per heavy atom. The number of hydrogen-bond donors (Lipinski definition) is 2. The van der Waals surface area contributed by atoms with E-state index in [4.69, 9.17) is 19.9 Å². The van der Waals surface area contributed by atoms with Crippen molar-refractivity contribution in [3.63, 3.8) is 0 Å². The van der Waals surface area contributed by atoms with Gasteiger partial charge in [0, 0.05) is 12.6 Å². The third-order valence-corrected chi connectivity index (χ3v) is 3.01. The highest BCUT2D eigenvalue weighted by Gasteiger charge is 2.13. The highest BCUT2D eigenvalue weighted by Crippen LogP contribution is 2.32. The van der Waals surface area contributed by atoms with E-state index in [9.17, 15) is 0 Å². The first-order valence-electron chi connectivity index (χ1n) is 6.19. The average Bonchev–Trinajstić information content (AvgIpc) is 2.94. The molecule has 1 aromatic heterocycles. The molecular weight excluding hydrogens is 258 g/mol. The van der Waals surface area contributed by atoms with Crippen LogP contribution in [-0.2, 0) is 6.54 Å². The van der Waals surface area contributed by atoms with Crippen molar-refractivity contribution in [2.45, 2.75) is 6.54 Å². The maximum absolute atomic E-state index is 5.87. The second-order valence-electron chi connectivity index (χ2n) is 4.33. The number of anilines is 2. The number of ether oxygens (including phenoxy) is 3. The van der Waals surface area contributed by atoms with Crippen molar-refractivity contribution in [2.24, 2.45) is 0 Å². The number of nitrogens with two attached hydrogens (primary N) is 1. The minimum Gasteiger partial charge on any atom is -0.481 e. The molecule has 3 N–H and O–H groups in total. The van der Waals surface area contributed by atoms with Crippen molar-refractivity contribution >= 4 is 11.5 Å². The summed E-state index contributed by atoms with van der Waals surface area (Å²) in [6.07, 6.45) is 0. The number of nitrogens with zero attached hydrogens (tertiary/aromatic N) is 1. The van der Waals surface area contributed by atoms with Crippen molar-refractivity contribution in [3.8, 4) is 17.4 Å². The van der Waals surface area contributed by atoms with Gasteiger partial charge in [0.25, 0.3) is 0 Å². The third-order valence-electron chi connectivity index (χ3n) is 3.01. The predicted molar refractivity (Wildman–Crippen MR) is 75.1 cm³/mol. The van der Waals surface area contributed by atoms with Gasteiger partial charge < -0.3 is 25.3 Å². The zero-order valence-electron chi connectivity index (χ0n) is 11.1. The minimum atomic E-state index is 0.274. The molecule has 0 saturated heterocycles. The molecule has 0 fully saturated rings. The van der Waals surface area contributed by atoms with Gasteiger partial charge in [-0.05, 0) is 23.8 Å². The number of benzene rings is 1. The molecule has 1 aliphatic heterocycles. The topological polar surface area (TPSA) is 78.6 Å². The van der Waals surface area contributed by atoms with Crippen molar-refractivity contribution < 1.29 is 14.2 Å². The largest absolute Gasteiger partial charge is 0.481 e. The van der Waals surface area contributed by atoms with Gasteiger partial charge in [-0.3, -0.25) is 0 Å². The maximum Gasteiger partial charge on any atom is 0.231 e. The molecule has 2 heterocycles. The van der Waals surface area contributed by atoms with E-state index in [1.807, 2.05) is 18.2 Å². The average molecular weight is 273 g/mol. The lowest BCUT2D eigenvalue weighted by Crippen LogP contribution is -2.05. The number of hydrogen-bond acceptors (Lipinski definition) is 6. The Hall–Kier alpha value is -2.63. The fourth-order valence-corrected chi connectivity index (χ4v) is 1.94. The van der Waals surface area contributed by atoms with Crippen LogP contribution in [0.4, 0.5) is 11.5 Å². The van der Waals surface area contributed by atoms with Gasteiger partial charge in [-0.2, -0.15) is 4.98 Å². The van der Waals surface area contributed by atoms with E-state index in [2.05, 4.69) is 10.3 Å². The summed E-state index contributed by atoms with van der Waals surface area (Å²) in [6.45, 7) is 0.859. The molecule has 2 aromatic rings. The second-order valence-corrected chi connectivity index (χ2v) is 4.33. The molecule has 6 heteroatoms. The first kappa shape index (κ1) is 12.4. The normalized spacial score (nSPS) is 12.2. The Labute approximate surface area is 116 Å². The van der Waals surface area contributed by atoms with Crippen LogP contribution < -0.4 is 25.3 Å². The molecular formula is C14H15N3O3. The fraction of sp³-hybridized carbons (Fsp3) is 0.214. The van der Waals surface area contributed by atoms with Crippen molar-refractivity contribution in [3.05, 3.63) is 35.9 Å². The van der Waals surface area contributed by atoms with Crippen LogP contribution in [0.15, 0.2) is 30.3 Å². The van der Waals surface area contributed by atoms with Crippen molar-refractivity contribution in [1.82, 2.24) is 4.98 Å². The molecule has 20 heavy (non-hydrogen) atoms. The van der Waals surface area contributed by atoms with Crippen molar-refractivity contribution in [2.75, 3.05) is 25.0 Å². The number of rotatable bonds is 4. The molecule has 0 aliphatic carbocycles. The molecule has 0 bridgehead atoms. The summed E-state index contributed by atoms with van der Waals surface area (Å²) in [6, 6.07) is 9.28. The minimum absolute atomic E-state index is 0.274. The zero-order valence-corrected chi connectivity index (χ0v) is 11.1. The summed E-state index contributed by atoms with van der Waals surface area (Å²) >= 11 is 0. The lowest BCUT2D eigenvalue weighted by molar-refractivity contribution is 0.174. The summed E-state index contributed by atoms with van der Waals surface area (Å²) in [7, 11) is 1.57. The lowest BCUT2D eigenvalue weighted by atomic mass is 10.2. The van der Waals surface area contributed by atoms with Gasteiger partial charge in [0.15, 0.2) is 17.3 Å².